The molecule has 1 aromatic carbocycles. The van der Waals surface area contributed by atoms with E-state index >= 15 is 0 Å². The molecule has 1 aromatic rings. The van der Waals surface area contributed by atoms with Crippen LogP contribution in [0.2, 0.25) is 0 Å². The Kier molecular flexibility index (Phi) is 3.24. The lowest BCUT2D eigenvalue weighted by Crippen LogP contribution is -2.11. The number of hydrogen-bond donors (Lipinski definition) is 2. The van der Waals surface area contributed by atoms with Crippen LogP contribution in [0.4, 0.5) is 5.69 Å². The van der Waals surface area contributed by atoms with Crippen molar-refractivity contribution < 1.29 is 19.9 Å². The van der Waals surface area contributed by atoms with Crippen LogP contribution in [0.5, 0.6) is 0 Å². The lowest BCUT2D eigenvalue weighted by Gasteiger charge is -2.09. The number of nitrogens with zero attached hydrogens (tertiary/aromatic N) is 1. The normalized spacial score (nSPS) is 12.2. The first-order valence-electron chi connectivity index (χ1n) is 4.51. The fourth-order valence-electron chi connectivity index (χ4n) is 1.58. The second-order valence-corrected chi connectivity index (χ2v) is 3.50. The molecule has 0 fully saturated rings. The fourth-order valence-corrected chi connectivity index (χ4v) is 1.58. The van der Waals surface area contributed by atoms with Crippen LogP contribution in [0.25, 0.3) is 0 Å². The summed E-state index contributed by atoms with van der Waals surface area (Å²) in [6, 6.07) is 2.62. The van der Waals surface area contributed by atoms with Gasteiger partial charge in [-0.2, -0.15) is 0 Å². The molecule has 1 atom stereocenters. The van der Waals surface area contributed by atoms with E-state index in [4.69, 9.17) is 5.11 Å². The Labute approximate surface area is 91.3 Å². The Bertz CT molecular complexity index is 432. The van der Waals surface area contributed by atoms with Crippen LogP contribution >= 0.6 is 0 Å². The molecule has 1 rings (SSSR count). The Hall–Kier alpha value is -1.95. The molecule has 0 amide bonds. The predicted molar refractivity (Wildman–Crippen MR) is 55.2 cm³/mol. The van der Waals surface area contributed by atoms with Crippen LogP contribution in [-0.4, -0.2) is 21.1 Å². The highest BCUT2D eigenvalue weighted by molar-refractivity contribution is 5.74. The largest absolute Gasteiger partial charge is 0.479 e. The van der Waals surface area contributed by atoms with Crippen molar-refractivity contribution in [2.24, 2.45) is 0 Å². The average Bonchev–Trinajstić information content (AvgIpc) is 2.14. The number of carbonyl (C=O) groups is 1. The molecular weight excluding hydrogens is 214 g/mol. The summed E-state index contributed by atoms with van der Waals surface area (Å²) in [5.74, 6) is -1.38. The van der Waals surface area contributed by atoms with Crippen molar-refractivity contribution in [2.45, 2.75) is 20.0 Å². The van der Waals surface area contributed by atoms with E-state index in [0.717, 1.165) is 0 Å². The van der Waals surface area contributed by atoms with Gasteiger partial charge in [0.25, 0.3) is 5.69 Å². The number of carboxylic acids is 1. The predicted octanol–water partition coefficient (Wildman–Crippen LogP) is 1.33. The van der Waals surface area contributed by atoms with Crippen molar-refractivity contribution in [3.8, 4) is 0 Å². The first-order chi connectivity index (χ1) is 7.34. The number of rotatable bonds is 3. The fraction of sp³-hybridized carbons (Fsp3) is 0.300. The van der Waals surface area contributed by atoms with Gasteiger partial charge in [0.2, 0.25) is 0 Å². The molecule has 16 heavy (non-hydrogen) atoms. The molecule has 0 heterocycles. The third kappa shape index (κ3) is 2.17. The molecule has 0 saturated carbocycles. The number of aliphatic carboxylic acids is 1. The highest BCUT2D eigenvalue weighted by Gasteiger charge is 2.21. The van der Waals surface area contributed by atoms with Crippen LogP contribution in [0.3, 0.4) is 0 Å². The number of benzene rings is 1. The minimum absolute atomic E-state index is 0.0543. The van der Waals surface area contributed by atoms with Crippen molar-refractivity contribution >= 4 is 11.7 Å². The zero-order valence-electron chi connectivity index (χ0n) is 8.80. The number of aliphatic hydroxyl groups is 1. The lowest BCUT2D eigenvalue weighted by molar-refractivity contribution is -0.386. The molecule has 1 unspecified atom stereocenters. The van der Waals surface area contributed by atoms with Gasteiger partial charge < -0.3 is 10.2 Å². The highest BCUT2D eigenvalue weighted by atomic mass is 16.6. The molecule has 6 heteroatoms. The summed E-state index contributed by atoms with van der Waals surface area (Å²) in [5.41, 5.74) is 0.759. The molecule has 0 spiro atoms. The summed E-state index contributed by atoms with van der Waals surface area (Å²) in [5, 5.41) is 28.6. The van der Waals surface area contributed by atoms with Gasteiger partial charge in [-0.3, -0.25) is 10.1 Å². The van der Waals surface area contributed by atoms with Crippen LogP contribution < -0.4 is 0 Å². The van der Waals surface area contributed by atoms with Gasteiger partial charge in [-0.15, -0.1) is 0 Å². The summed E-state index contributed by atoms with van der Waals surface area (Å²) in [4.78, 5) is 20.7. The first-order valence-corrected chi connectivity index (χ1v) is 4.51. The molecule has 2 N–H and O–H groups in total. The first kappa shape index (κ1) is 12.1. The van der Waals surface area contributed by atoms with Gasteiger partial charge in [0, 0.05) is 11.1 Å². The second-order valence-electron chi connectivity index (χ2n) is 3.50. The van der Waals surface area contributed by atoms with Crippen LogP contribution in [-0.2, 0) is 4.79 Å². The highest BCUT2D eigenvalue weighted by Crippen LogP contribution is 2.27. The van der Waals surface area contributed by atoms with Crippen LogP contribution in [0.15, 0.2) is 12.1 Å². The molecule has 86 valence electrons. The molecule has 0 aliphatic carbocycles. The van der Waals surface area contributed by atoms with Gasteiger partial charge in [-0.05, 0) is 31.5 Å². The maximum atomic E-state index is 10.7. The number of aliphatic hydroxyl groups excluding tert-OH is 1. The lowest BCUT2D eigenvalue weighted by atomic mass is 10.0. The number of nitro benzene ring substituents is 1. The Morgan fingerprint density at radius 3 is 2.12 bits per heavy atom. The van der Waals surface area contributed by atoms with Crippen molar-refractivity contribution in [3.05, 3.63) is 38.9 Å². The standard InChI is InChI=1S/C10H11NO5/c1-5-3-7(9(12)10(13)14)4-6(2)8(5)11(15)16/h3-4,9,12H,1-2H3,(H,13,14). The minimum Gasteiger partial charge on any atom is -0.479 e. The molecule has 0 radical (unpaired) electrons. The monoisotopic (exact) mass is 225 g/mol. The van der Waals surface area contributed by atoms with E-state index in [1.807, 2.05) is 0 Å². The summed E-state index contributed by atoms with van der Waals surface area (Å²) in [6.45, 7) is 3.01. The number of aryl methyl sites for hydroxylation is 2. The average molecular weight is 225 g/mol. The maximum absolute atomic E-state index is 10.7. The molecule has 0 saturated heterocycles. The van der Waals surface area contributed by atoms with E-state index < -0.39 is 17.0 Å². The van der Waals surface area contributed by atoms with E-state index in [-0.39, 0.29) is 11.3 Å². The third-order valence-electron chi connectivity index (χ3n) is 2.25. The molecule has 0 aliphatic heterocycles. The third-order valence-corrected chi connectivity index (χ3v) is 2.25. The van der Waals surface area contributed by atoms with Crippen molar-refractivity contribution in [1.82, 2.24) is 0 Å². The SMILES string of the molecule is Cc1cc(C(O)C(=O)O)cc(C)c1[N+](=O)[O-]. The Balaban J connectivity index is 3.30. The Morgan fingerprint density at radius 1 is 1.38 bits per heavy atom. The molecule has 0 aromatic heterocycles. The molecular formula is C10H11NO5. The zero-order chi connectivity index (χ0) is 12.5. The number of hydrogen-bond acceptors (Lipinski definition) is 4. The molecule has 6 nitrogen and oxygen atoms in total. The summed E-state index contributed by atoms with van der Waals surface area (Å²) in [6.07, 6.45) is -1.65. The van der Waals surface area contributed by atoms with Gasteiger partial charge in [0.15, 0.2) is 6.10 Å². The van der Waals surface area contributed by atoms with E-state index in [9.17, 15) is 20.0 Å². The zero-order valence-corrected chi connectivity index (χ0v) is 8.80. The second kappa shape index (κ2) is 4.28. The van der Waals surface area contributed by atoms with Gasteiger partial charge in [0.05, 0.1) is 4.92 Å². The van der Waals surface area contributed by atoms with Gasteiger partial charge >= 0.3 is 5.97 Å². The quantitative estimate of drug-likeness (QED) is 0.597. The summed E-state index contributed by atoms with van der Waals surface area (Å²) >= 11 is 0. The Morgan fingerprint density at radius 2 is 1.81 bits per heavy atom. The van der Waals surface area contributed by atoms with Gasteiger partial charge in [-0.25, -0.2) is 4.79 Å². The van der Waals surface area contributed by atoms with Crippen molar-refractivity contribution in [3.63, 3.8) is 0 Å². The van der Waals surface area contributed by atoms with E-state index in [2.05, 4.69) is 0 Å². The van der Waals surface area contributed by atoms with Gasteiger partial charge in [-0.1, -0.05) is 0 Å². The maximum Gasteiger partial charge on any atom is 0.337 e. The molecule has 0 bridgehead atoms. The van der Waals surface area contributed by atoms with Crippen molar-refractivity contribution in [2.75, 3.05) is 0 Å². The van der Waals surface area contributed by atoms with Gasteiger partial charge in [0.1, 0.15) is 0 Å². The van der Waals surface area contributed by atoms with Crippen LogP contribution in [0.1, 0.15) is 22.8 Å². The minimum atomic E-state index is -1.65. The smallest absolute Gasteiger partial charge is 0.337 e. The van der Waals surface area contributed by atoms with Crippen molar-refractivity contribution in [1.29, 1.82) is 0 Å². The molecule has 0 aliphatic rings. The number of carboxylic acid groups (broad SMARTS) is 1. The van der Waals surface area contributed by atoms with E-state index in [1.54, 1.807) is 0 Å². The number of nitro groups is 1. The van der Waals surface area contributed by atoms with E-state index in [1.165, 1.54) is 26.0 Å². The van der Waals surface area contributed by atoms with E-state index in [0.29, 0.717) is 11.1 Å². The summed E-state index contributed by atoms with van der Waals surface area (Å²) < 4.78 is 0. The topological polar surface area (TPSA) is 101 Å². The summed E-state index contributed by atoms with van der Waals surface area (Å²) in [7, 11) is 0. The van der Waals surface area contributed by atoms with Crippen LogP contribution in [0, 0.1) is 24.0 Å².